The van der Waals surface area contributed by atoms with Crippen LogP contribution in [0.5, 0.6) is 0 Å². The quantitative estimate of drug-likeness (QED) is 0.485. The number of rotatable bonds is 5. The molecule has 1 atom stereocenters. The molecule has 1 nitrogen and oxygen atoms in total. The van der Waals surface area contributed by atoms with Gasteiger partial charge in [0, 0.05) is 0 Å². The van der Waals surface area contributed by atoms with Crippen LogP contribution in [-0.2, 0) is 17.8 Å². The average molecular weight is 405 g/mol. The van der Waals surface area contributed by atoms with Crippen molar-refractivity contribution in [1.82, 2.24) is 0 Å². The first kappa shape index (κ1) is 21.3. The van der Waals surface area contributed by atoms with Gasteiger partial charge in [0.15, 0.2) is 0 Å². The van der Waals surface area contributed by atoms with Gasteiger partial charge in [0.05, 0.1) is 13.0 Å². The summed E-state index contributed by atoms with van der Waals surface area (Å²) in [6, 6.07) is 6.17. The highest BCUT2D eigenvalue weighted by atomic mass is 19.3. The van der Waals surface area contributed by atoms with Gasteiger partial charge < -0.3 is 4.74 Å². The van der Waals surface area contributed by atoms with E-state index in [0.717, 1.165) is 34.8 Å². The first-order chi connectivity index (χ1) is 13.9. The molecule has 2 saturated carbocycles. The second kappa shape index (κ2) is 9.04. The Kier molecular flexibility index (Phi) is 6.63. The van der Waals surface area contributed by atoms with E-state index >= 15 is 0 Å². The van der Waals surface area contributed by atoms with Crippen molar-refractivity contribution in [2.45, 2.75) is 103 Å². The molecular weight excluding hydrogens is 366 g/mol. The highest BCUT2D eigenvalue weighted by Crippen LogP contribution is 2.45. The molecule has 0 saturated heterocycles. The maximum absolute atomic E-state index is 13.4. The van der Waals surface area contributed by atoms with Gasteiger partial charge in [0.1, 0.15) is 0 Å². The van der Waals surface area contributed by atoms with E-state index in [1.807, 2.05) is 6.07 Å². The summed E-state index contributed by atoms with van der Waals surface area (Å²) in [4.78, 5) is 0. The van der Waals surface area contributed by atoms with E-state index < -0.39 is 6.11 Å². The summed E-state index contributed by atoms with van der Waals surface area (Å²) in [5, 5.41) is 0. The topological polar surface area (TPSA) is 9.23 Å². The first-order valence-electron chi connectivity index (χ1n) is 12.1. The van der Waals surface area contributed by atoms with Crippen LogP contribution in [0.3, 0.4) is 0 Å². The lowest BCUT2D eigenvalue weighted by Gasteiger charge is -2.39. The maximum atomic E-state index is 13.4. The van der Waals surface area contributed by atoms with Gasteiger partial charge in [0.25, 0.3) is 0 Å². The average Bonchev–Trinajstić information content (AvgIpc) is 2.73. The molecule has 1 aromatic carbocycles. The molecular formula is C26H38F2O. The number of hydrogen-bond acceptors (Lipinski definition) is 1. The van der Waals surface area contributed by atoms with Crippen molar-refractivity contribution in [3.05, 3.63) is 34.9 Å². The number of hydrogen-bond donors (Lipinski definition) is 0. The predicted octanol–water partition coefficient (Wildman–Crippen LogP) is 7.87. The van der Waals surface area contributed by atoms with Crippen LogP contribution in [0.15, 0.2) is 18.2 Å². The number of halogens is 2. The van der Waals surface area contributed by atoms with Crippen LogP contribution in [0.2, 0.25) is 0 Å². The molecule has 0 N–H and O–H groups in total. The Bertz CT molecular complexity index is 669. The molecule has 29 heavy (non-hydrogen) atoms. The molecule has 0 radical (unpaired) electrons. The fraction of sp³-hybridized carbons (Fsp3) is 0.769. The summed E-state index contributed by atoms with van der Waals surface area (Å²) < 4.78 is 31.6. The van der Waals surface area contributed by atoms with Gasteiger partial charge in [-0.1, -0.05) is 44.9 Å². The molecule has 0 amide bonds. The minimum absolute atomic E-state index is 0.0468. The highest BCUT2D eigenvalue weighted by molar-refractivity contribution is 5.35. The van der Waals surface area contributed by atoms with Crippen molar-refractivity contribution in [2.24, 2.45) is 23.7 Å². The molecule has 1 heterocycles. The van der Waals surface area contributed by atoms with E-state index in [9.17, 15) is 8.78 Å². The zero-order valence-electron chi connectivity index (χ0n) is 18.3. The van der Waals surface area contributed by atoms with Crippen LogP contribution in [0, 0.1) is 23.7 Å². The van der Waals surface area contributed by atoms with E-state index in [1.54, 1.807) is 0 Å². The first-order valence-corrected chi connectivity index (χ1v) is 12.1. The molecule has 0 bridgehead atoms. The van der Waals surface area contributed by atoms with Crippen LogP contribution in [0.25, 0.3) is 0 Å². The lowest BCUT2D eigenvalue weighted by Crippen LogP contribution is -2.29. The van der Waals surface area contributed by atoms with Crippen LogP contribution in [-0.4, -0.2) is 6.11 Å². The SMILES string of the molecule is CCCC(C)C1CCC(C2CCC(c3ccc4c(c3)COC(F)(F)C4)CC2)CC1. The zero-order chi connectivity index (χ0) is 20.4. The van der Waals surface area contributed by atoms with Gasteiger partial charge in [-0.15, -0.1) is 0 Å². The van der Waals surface area contributed by atoms with E-state index in [2.05, 4.69) is 26.0 Å². The Labute approximate surface area is 175 Å². The highest BCUT2D eigenvalue weighted by Gasteiger charge is 2.36. The van der Waals surface area contributed by atoms with E-state index in [1.165, 1.54) is 69.8 Å². The van der Waals surface area contributed by atoms with Crippen molar-refractivity contribution in [3.8, 4) is 0 Å². The Hall–Kier alpha value is -0.960. The van der Waals surface area contributed by atoms with Crippen molar-refractivity contribution in [2.75, 3.05) is 0 Å². The Balaban J connectivity index is 1.28. The van der Waals surface area contributed by atoms with Gasteiger partial charge in [-0.3, -0.25) is 0 Å². The predicted molar refractivity (Wildman–Crippen MR) is 114 cm³/mol. The molecule has 4 rings (SSSR count). The van der Waals surface area contributed by atoms with Gasteiger partial charge in [-0.2, -0.15) is 8.78 Å². The van der Waals surface area contributed by atoms with Crippen molar-refractivity contribution < 1.29 is 13.5 Å². The minimum Gasteiger partial charge on any atom is -0.315 e. The normalized spacial score (nSPS) is 33.1. The van der Waals surface area contributed by atoms with Crippen LogP contribution in [0.1, 0.15) is 101 Å². The largest absolute Gasteiger partial charge is 0.360 e. The van der Waals surface area contributed by atoms with Gasteiger partial charge in [-0.25, -0.2) is 0 Å². The molecule has 2 fully saturated rings. The van der Waals surface area contributed by atoms with Crippen molar-refractivity contribution in [3.63, 3.8) is 0 Å². The van der Waals surface area contributed by atoms with E-state index in [0.29, 0.717) is 5.92 Å². The molecule has 0 spiro atoms. The summed E-state index contributed by atoms with van der Waals surface area (Å²) in [5.41, 5.74) is 3.07. The molecule has 1 aliphatic heterocycles. The molecule has 3 heteroatoms. The smallest absolute Gasteiger partial charge is 0.315 e. The number of alkyl halides is 2. The standard InChI is InChI=1S/C26H38F2O/c1-3-4-18(2)19-5-7-20(8-6-19)21-9-11-22(12-10-21)23-13-14-24-16-26(27,28)29-17-25(24)15-23/h13-15,18-22H,3-12,16-17H2,1-2H3. The van der Waals surface area contributed by atoms with Gasteiger partial charge in [-0.05, 0) is 97.6 Å². The molecule has 2 aliphatic carbocycles. The molecule has 162 valence electrons. The fourth-order valence-electron chi connectivity index (χ4n) is 6.46. The molecule has 0 aromatic heterocycles. The second-order valence-corrected chi connectivity index (χ2v) is 10.2. The van der Waals surface area contributed by atoms with E-state index in [-0.39, 0.29) is 13.0 Å². The molecule has 3 aliphatic rings. The summed E-state index contributed by atoms with van der Waals surface area (Å²) in [6.45, 7) is 4.82. The Morgan fingerprint density at radius 2 is 1.62 bits per heavy atom. The molecule has 1 aromatic rings. The van der Waals surface area contributed by atoms with Gasteiger partial charge in [0.2, 0.25) is 0 Å². The fourth-order valence-corrected chi connectivity index (χ4v) is 6.46. The number of ether oxygens (including phenoxy) is 1. The van der Waals surface area contributed by atoms with Crippen LogP contribution in [0.4, 0.5) is 8.78 Å². The van der Waals surface area contributed by atoms with Crippen LogP contribution < -0.4 is 0 Å². The molecule has 1 unspecified atom stereocenters. The second-order valence-electron chi connectivity index (χ2n) is 10.2. The minimum atomic E-state index is -3.00. The van der Waals surface area contributed by atoms with Crippen molar-refractivity contribution in [1.29, 1.82) is 0 Å². The third-order valence-electron chi connectivity index (χ3n) is 8.34. The lowest BCUT2D eigenvalue weighted by atomic mass is 9.66. The summed E-state index contributed by atoms with van der Waals surface area (Å²) >= 11 is 0. The maximum Gasteiger partial charge on any atom is 0.360 e. The Morgan fingerprint density at radius 1 is 0.966 bits per heavy atom. The monoisotopic (exact) mass is 404 g/mol. The number of benzene rings is 1. The summed E-state index contributed by atoms with van der Waals surface area (Å²) in [5.74, 6) is 4.32. The van der Waals surface area contributed by atoms with E-state index in [4.69, 9.17) is 4.74 Å². The third-order valence-corrected chi connectivity index (χ3v) is 8.34. The van der Waals surface area contributed by atoms with Crippen LogP contribution >= 0.6 is 0 Å². The zero-order valence-corrected chi connectivity index (χ0v) is 18.3. The lowest BCUT2D eigenvalue weighted by molar-refractivity contribution is -0.250. The number of fused-ring (bicyclic) bond motifs is 1. The van der Waals surface area contributed by atoms with Gasteiger partial charge >= 0.3 is 6.11 Å². The Morgan fingerprint density at radius 3 is 2.28 bits per heavy atom. The third kappa shape index (κ3) is 5.03. The summed E-state index contributed by atoms with van der Waals surface area (Å²) in [6.07, 6.45) is 10.4. The summed E-state index contributed by atoms with van der Waals surface area (Å²) in [7, 11) is 0. The van der Waals surface area contributed by atoms with Crippen molar-refractivity contribution >= 4 is 0 Å².